The summed E-state index contributed by atoms with van der Waals surface area (Å²) in [6.45, 7) is 0. The fourth-order valence-corrected chi connectivity index (χ4v) is 2.54. The molecular formula is C12H10N6OS. The Balaban J connectivity index is 1.88. The lowest BCUT2D eigenvalue weighted by molar-refractivity contribution is 0.102. The molecule has 0 radical (unpaired) electrons. The highest BCUT2D eigenvalue weighted by molar-refractivity contribution is 7.22. The summed E-state index contributed by atoms with van der Waals surface area (Å²) >= 11 is 1.38. The number of amides is 1. The highest BCUT2D eigenvalue weighted by Crippen LogP contribution is 2.26. The number of carbonyl (C=O) groups is 1. The molecule has 0 aliphatic rings. The zero-order chi connectivity index (χ0) is 14.1. The lowest BCUT2D eigenvalue weighted by Crippen LogP contribution is -2.16. The first-order valence-corrected chi connectivity index (χ1v) is 6.50. The summed E-state index contributed by atoms with van der Waals surface area (Å²) in [4.78, 5) is 23.9. The van der Waals surface area contributed by atoms with Crippen molar-refractivity contribution in [3.05, 3.63) is 36.0 Å². The quantitative estimate of drug-likeness (QED) is 0.656. The van der Waals surface area contributed by atoms with Gasteiger partial charge in [-0.1, -0.05) is 23.5 Å². The van der Waals surface area contributed by atoms with Gasteiger partial charge < -0.3 is 11.5 Å². The monoisotopic (exact) mass is 286 g/mol. The molecule has 20 heavy (non-hydrogen) atoms. The zero-order valence-corrected chi connectivity index (χ0v) is 11.0. The summed E-state index contributed by atoms with van der Waals surface area (Å²) < 4.78 is 0.990. The Morgan fingerprint density at radius 3 is 2.75 bits per heavy atom. The fraction of sp³-hybridized carbons (Fsp3) is 0. The maximum Gasteiger partial charge on any atom is 0.262 e. The van der Waals surface area contributed by atoms with Crippen LogP contribution >= 0.6 is 11.3 Å². The largest absolute Gasteiger partial charge is 0.383 e. The number of nitrogens with zero attached hydrogens (tertiary/aromatic N) is 3. The number of nitrogens with two attached hydrogens (primary N) is 2. The molecule has 8 heteroatoms. The third kappa shape index (κ3) is 2.24. The van der Waals surface area contributed by atoms with Gasteiger partial charge in [-0.15, -0.1) is 0 Å². The van der Waals surface area contributed by atoms with Crippen LogP contribution in [0, 0.1) is 0 Å². The average Bonchev–Trinajstić information content (AvgIpc) is 2.80. The molecule has 0 spiro atoms. The number of anilines is 3. The number of para-hydroxylation sites is 1. The van der Waals surface area contributed by atoms with Gasteiger partial charge in [0.15, 0.2) is 5.13 Å². The molecule has 0 saturated carbocycles. The number of rotatable bonds is 2. The molecule has 2 aromatic heterocycles. The number of benzene rings is 1. The van der Waals surface area contributed by atoms with Crippen LogP contribution in [0.2, 0.25) is 0 Å². The predicted octanol–water partition coefficient (Wildman–Crippen LogP) is 1.50. The topological polar surface area (TPSA) is 120 Å². The Morgan fingerprint density at radius 1 is 1.20 bits per heavy atom. The van der Waals surface area contributed by atoms with Crippen LogP contribution in [0.25, 0.3) is 10.2 Å². The lowest BCUT2D eigenvalue weighted by Gasteiger charge is -2.03. The van der Waals surface area contributed by atoms with E-state index in [1.165, 1.54) is 17.5 Å². The molecule has 0 unspecified atom stereocenters. The van der Waals surface area contributed by atoms with Crippen LogP contribution in [0.3, 0.4) is 0 Å². The lowest BCUT2D eigenvalue weighted by atomic mass is 10.3. The van der Waals surface area contributed by atoms with Gasteiger partial charge in [-0.2, -0.15) is 4.98 Å². The SMILES string of the molecule is Nc1ncc(C(=O)Nc2nc3ccccc3s2)c(N)n1. The molecule has 0 aliphatic heterocycles. The van der Waals surface area contributed by atoms with Gasteiger partial charge in [-0.3, -0.25) is 10.1 Å². The molecule has 100 valence electrons. The Kier molecular flexibility index (Phi) is 2.92. The van der Waals surface area contributed by atoms with E-state index in [0.29, 0.717) is 5.13 Å². The van der Waals surface area contributed by atoms with E-state index in [1.807, 2.05) is 24.3 Å². The third-order valence-electron chi connectivity index (χ3n) is 2.60. The van der Waals surface area contributed by atoms with Crippen molar-refractivity contribution < 1.29 is 4.79 Å². The number of hydrogen-bond acceptors (Lipinski definition) is 7. The van der Waals surface area contributed by atoms with E-state index in [4.69, 9.17) is 11.5 Å². The molecule has 3 aromatic rings. The number of aromatic nitrogens is 3. The molecule has 1 amide bonds. The van der Waals surface area contributed by atoms with E-state index in [9.17, 15) is 4.79 Å². The Labute approximate surface area is 117 Å². The van der Waals surface area contributed by atoms with Gasteiger partial charge in [0.1, 0.15) is 11.4 Å². The summed E-state index contributed by atoms with van der Waals surface area (Å²) in [6, 6.07) is 7.61. The van der Waals surface area contributed by atoms with Gasteiger partial charge in [0.05, 0.1) is 10.2 Å². The number of nitrogens with one attached hydrogen (secondary N) is 1. The first kappa shape index (κ1) is 12.3. The van der Waals surface area contributed by atoms with E-state index < -0.39 is 5.91 Å². The average molecular weight is 286 g/mol. The van der Waals surface area contributed by atoms with Gasteiger partial charge in [-0.05, 0) is 12.1 Å². The van der Waals surface area contributed by atoms with Gasteiger partial charge in [0.25, 0.3) is 5.91 Å². The molecule has 3 rings (SSSR count). The van der Waals surface area contributed by atoms with Crippen molar-refractivity contribution in [1.29, 1.82) is 0 Å². The van der Waals surface area contributed by atoms with Crippen LogP contribution in [0.15, 0.2) is 30.5 Å². The summed E-state index contributed by atoms with van der Waals surface area (Å²) in [6.07, 6.45) is 1.29. The molecule has 7 nitrogen and oxygen atoms in total. The van der Waals surface area contributed by atoms with Gasteiger partial charge in [0.2, 0.25) is 5.95 Å². The summed E-state index contributed by atoms with van der Waals surface area (Å²) in [5.41, 5.74) is 12.0. The second-order valence-electron chi connectivity index (χ2n) is 3.97. The first-order chi connectivity index (χ1) is 9.63. The Hall–Kier alpha value is -2.74. The van der Waals surface area contributed by atoms with Crippen molar-refractivity contribution in [2.24, 2.45) is 0 Å². The number of fused-ring (bicyclic) bond motifs is 1. The molecule has 0 bridgehead atoms. The highest BCUT2D eigenvalue weighted by atomic mass is 32.1. The molecule has 0 saturated heterocycles. The third-order valence-corrected chi connectivity index (χ3v) is 3.55. The van der Waals surface area contributed by atoms with Crippen molar-refractivity contribution in [3.8, 4) is 0 Å². The van der Waals surface area contributed by atoms with Crippen LogP contribution in [-0.4, -0.2) is 20.9 Å². The molecule has 1 aromatic carbocycles. The van der Waals surface area contributed by atoms with Crippen LogP contribution in [-0.2, 0) is 0 Å². The normalized spacial score (nSPS) is 10.6. The molecule has 0 aliphatic carbocycles. The highest BCUT2D eigenvalue weighted by Gasteiger charge is 2.14. The standard InChI is InChI=1S/C12H10N6OS/c13-9-6(5-15-11(14)17-9)10(19)18-12-16-7-3-1-2-4-8(7)20-12/h1-5H,(H,16,18,19)(H4,13,14,15,17). The molecule has 0 atom stereocenters. The van der Waals surface area contributed by atoms with E-state index in [-0.39, 0.29) is 17.3 Å². The number of carbonyl (C=O) groups excluding carboxylic acids is 1. The zero-order valence-electron chi connectivity index (χ0n) is 10.2. The second-order valence-corrected chi connectivity index (χ2v) is 5.00. The van der Waals surface area contributed by atoms with Crippen molar-refractivity contribution in [2.45, 2.75) is 0 Å². The van der Waals surface area contributed by atoms with Crippen LogP contribution in [0.1, 0.15) is 10.4 Å². The Morgan fingerprint density at radius 2 is 2.00 bits per heavy atom. The van der Waals surface area contributed by atoms with Crippen molar-refractivity contribution >= 4 is 44.4 Å². The van der Waals surface area contributed by atoms with Crippen molar-refractivity contribution in [1.82, 2.24) is 15.0 Å². The molecule has 5 N–H and O–H groups in total. The summed E-state index contributed by atoms with van der Waals surface area (Å²) in [7, 11) is 0. The maximum atomic E-state index is 12.1. The first-order valence-electron chi connectivity index (χ1n) is 5.68. The smallest absolute Gasteiger partial charge is 0.262 e. The van der Waals surface area contributed by atoms with E-state index >= 15 is 0 Å². The second kappa shape index (κ2) is 4.74. The van der Waals surface area contributed by atoms with E-state index in [1.54, 1.807) is 0 Å². The van der Waals surface area contributed by atoms with Crippen molar-refractivity contribution in [2.75, 3.05) is 16.8 Å². The minimum atomic E-state index is -0.415. The van der Waals surface area contributed by atoms with Gasteiger partial charge in [-0.25, -0.2) is 9.97 Å². The van der Waals surface area contributed by atoms with Crippen molar-refractivity contribution in [3.63, 3.8) is 0 Å². The van der Waals surface area contributed by atoms with Crippen LogP contribution in [0.5, 0.6) is 0 Å². The minimum Gasteiger partial charge on any atom is -0.383 e. The van der Waals surface area contributed by atoms with Crippen LogP contribution < -0.4 is 16.8 Å². The molecule has 0 fully saturated rings. The summed E-state index contributed by atoms with van der Waals surface area (Å²) in [5, 5.41) is 3.17. The van der Waals surface area contributed by atoms with E-state index in [2.05, 4.69) is 20.3 Å². The summed E-state index contributed by atoms with van der Waals surface area (Å²) in [5.74, 6) is -0.350. The Bertz CT molecular complexity index is 766. The van der Waals surface area contributed by atoms with E-state index in [0.717, 1.165) is 10.2 Å². The maximum absolute atomic E-state index is 12.1. The minimum absolute atomic E-state index is 0.0269. The number of thiazole rings is 1. The van der Waals surface area contributed by atoms with Gasteiger partial charge >= 0.3 is 0 Å². The molecular weight excluding hydrogens is 276 g/mol. The van der Waals surface area contributed by atoms with Gasteiger partial charge in [0, 0.05) is 6.20 Å². The molecule has 2 heterocycles. The number of nitrogen functional groups attached to an aromatic ring is 2. The predicted molar refractivity (Wildman–Crippen MR) is 78.4 cm³/mol. The van der Waals surface area contributed by atoms with Crippen LogP contribution in [0.4, 0.5) is 16.9 Å². The fourth-order valence-electron chi connectivity index (χ4n) is 1.67. The number of hydrogen-bond donors (Lipinski definition) is 3.